The molecule has 0 fully saturated rings. The number of amides is 1. The molecular formula is C24H28N2O4S2. The second-order valence-electron chi connectivity index (χ2n) is 7.92. The number of hydrogen-bond acceptors (Lipinski definition) is 5. The van der Waals surface area contributed by atoms with Crippen molar-refractivity contribution in [3.63, 3.8) is 0 Å². The molecule has 0 bridgehead atoms. The SMILES string of the molecule is COc1cc(C)c([C@H](C)NC(=O)c2ccc(NS(=O)(=O)c3cccs3)cc2)cc1C(C)C. The number of hydrogen-bond donors (Lipinski definition) is 2. The van der Waals surface area contributed by atoms with Crippen LogP contribution >= 0.6 is 11.3 Å². The minimum absolute atomic E-state index is 0.206. The molecule has 0 aliphatic heterocycles. The molecule has 1 heterocycles. The van der Waals surface area contributed by atoms with E-state index < -0.39 is 10.0 Å². The molecule has 3 aromatic rings. The first-order valence-corrected chi connectivity index (χ1v) is 12.6. The first-order chi connectivity index (χ1) is 15.1. The number of anilines is 1. The maximum Gasteiger partial charge on any atom is 0.271 e. The summed E-state index contributed by atoms with van der Waals surface area (Å²) in [6.07, 6.45) is 0. The summed E-state index contributed by atoms with van der Waals surface area (Å²) in [5.41, 5.74) is 4.01. The summed E-state index contributed by atoms with van der Waals surface area (Å²) in [6, 6.07) is 13.5. The van der Waals surface area contributed by atoms with Crippen LogP contribution in [0.2, 0.25) is 0 Å². The average molecular weight is 473 g/mol. The van der Waals surface area contributed by atoms with Crippen molar-refractivity contribution in [2.75, 3.05) is 11.8 Å². The zero-order valence-electron chi connectivity index (χ0n) is 18.8. The van der Waals surface area contributed by atoms with Gasteiger partial charge in [-0.1, -0.05) is 19.9 Å². The van der Waals surface area contributed by atoms with Gasteiger partial charge in [0.2, 0.25) is 0 Å². The van der Waals surface area contributed by atoms with Gasteiger partial charge in [0.25, 0.3) is 15.9 Å². The second-order valence-corrected chi connectivity index (χ2v) is 10.8. The number of carbonyl (C=O) groups is 1. The summed E-state index contributed by atoms with van der Waals surface area (Å²) in [4.78, 5) is 12.8. The first-order valence-electron chi connectivity index (χ1n) is 10.3. The van der Waals surface area contributed by atoms with Crippen LogP contribution in [0.4, 0.5) is 5.69 Å². The third-order valence-corrected chi connectivity index (χ3v) is 7.99. The summed E-state index contributed by atoms with van der Waals surface area (Å²) < 4.78 is 33.0. The van der Waals surface area contributed by atoms with E-state index >= 15 is 0 Å². The Bertz CT molecular complexity index is 1190. The fraction of sp³-hybridized carbons (Fsp3) is 0.292. The van der Waals surface area contributed by atoms with Crippen molar-refractivity contribution in [2.45, 2.75) is 43.9 Å². The number of methoxy groups -OCH3 is 1. The lowest BCUT2D eigenvalue weighted by Crippen LogP contribution is -2.27. The van der Waals surface area contributed by atoms with E-state index in [0.29, 0.717) is 11.3 Å². The first kappa shape index (κ1) is 23.8. The quantitative estimate of drug-likeness (QED) is 0.455. The topological polar surface area (TPSA) is 84.5 Å². The molecule has 0 unspecified atom stereocenters. The second kappa shape index (κ2) is 9.75. The highest BCUT2D eigenvalue weighted by atomic mass is 32.2. The predicted molar refractivity (Wildman–Crippen MR) is 129 cm³/mol. The van der Waals surface area contributed by atoms with E-state index in [-0.39, 0.29) is 22.1 Å². The predicted octanol–water partition coefficient (Wildman–Crippen LogP) is 5.48. The largest absolute Gasteiger partial charge is 0.496 e. The molecule has 0 saturated heterocycles. The smallest absolute Gasteiger partial charge is 0.271 e. The van der Waals surface area contributed by atoms with E-state index in [9.17, 15) is 13.2 Å². The third kappa shape index (κ3) is 5.31. The van der Waals surface area contributed by atoms with Gasteiger partial charge in [-0.3, -0.25) is 9.52 Å². The molecule has 1 aromatic heterocycles. The summed E-state index contributed by atoms with van der Waals surface area (Å²) in [5.74, 6) is 0.907. The van der Waals surface area contributed by atoms with Gasteiger partial charge in [-0.2, -0.15) is 0 Å². The van der Waals surface area contributed by atoms with Gasteiger partial charge in [-0.25, -0.2) is 8.42 Å². The molecule has 170 valence electrons. The van der Waals surface area contributed by atoms with Crippen LogP contribution in [0.15, 0.2) is 58.1 Å². The summed E-state index contributed by atoms with van der Waals surface area (Å²) in [7, 11) is -1.96. The van der Waals surface area contributed by atoms with Gasteiger partial charge < -0.3 is 10.1 Å². The standard InChI is InChI=1S/C24H28N2O4S2/c1-15(2)20-14-21(16(3)13-22(20)30-5)17(4)25-24(27)18-8-10-19(11-9-18)26-32(28,29)23-7-6-12-31-23/h6-15,17,26H,1-5H3,(H,25,27)/t17-/m0/s1. The fourth-order valence-corrected chi connectivity index (χ4v) is 5.53. The van der Waals surface area contributed by atoms with Gasteiger partial charge in [0.15, 0.2) is 0 Å². The molecule has 2 aromatic carbocycles. The lowest BCUT2D eigenvalue weighted by Gasteiger charge is -2.21. The number of rotatable bonds is 8. The van der Waals surface area contributed by atoms with Crippen LogP contribution in [0.5, 0.6) is 5.75 Å². The zero-order valence-corrected chi connectivity index (χ0v) is 20.4. The molecule has 0 radical (unpaired) electrons. The Balaban J connectivity index is 1.73. The maximum absolute atomic E-state index is 12.8. The minimum Gasteiger partial charge on any atom is -0.496 e. The number of benzene rings is 2. The van der Waals surface area contributed by atoms with Crippen LogP contribution in [0.3, 0.4) is 0 Å². The Labute approximate surface area is 193 Å². The van der Waals surface area contributed by atoms with E-state index in [0.717, 1.165) is 33.8 Å². The van der Waals surface area contributed by atoms with Crippen LogP contribution in [-0.2, 0) is 10.0 Å². The van der Waals surface area contributed by atoms with Crippen LogP contribution in [0.25, 0.3) is 0 Å². The molecule has 8 heteroatoms. The Kier molecular flexibility index (Phi) is 7.26. The van der Waals surface area contributed by atoms with Crippen LogP contribution in [0, 0.1) is 6.92 Å². The molecular weight excluding hydrogens is 444 g/mol. The highest BCUT2D eigenvalue weighted by Crippen LogP contribution is 2.32. The summed E-state index contributed by atoms with van der Waals surface area (Å²) in [5, 5.41) is 4.74. The monoisotopic (exact) mass is 472 g/mol. The number of aryl methyl sites for hydroxylation is 1. The molecule has 0 saturated carbocycles. The van der Waals surface area contributed by atoms with E-state index in [1.807, 2.05) is 19.9 Å². The van der Waals surface area contributed by atoms with Crippen molar-refractivity contribution < 1.29 is 17.9 Å². The molecule has 0 spiro atoms. The molecule has 3 rings (SSSR count). The molecule has 32 heavy (non-hydrogen) atoms. The van der Waals surface area contributed by atoms with Crippen LogP contribution in [0.1, 0.15) is 59.8 Å². The Morgan fingerprint density at radius 3 is 2.28 bits per heavy atom. The van der Waals surface area contributed by atoms with Gasteiger partial charge in [0.1, 0.15) is 9.96 Å². The number of sulfonamides is 1. The number of carbonyl (C=O) groups excluding carboxylic acids is 1. The van der Waals surface area contributed by atoms with Crippen molar-refractivity contribution in [1.82, 2.24) is 5.32 Å². The molecule has 1 amide bonds. The number of thiophene rings is 1. The van der Waals surface area contributed by atoms with E-state index in [1.165, 1.54) is 0 Å². The third-order valence-electron chi connectivity index (χ3n) is 5.21. The maximum atomic E-state index is 12.8. The number of nitrogens with one attached hydrogen (secondary N) is 2. The van der Waals surface area contributed by atoms with Crippen molar-refractivity contribution >= 4 is 33.0 Å². The van der Waals surface area contributed by atoms with Crippen molar-refractivity contribution in [3.05, 3.63) is 76.2 Å². The van der Waals surface area contributed by atoms with Crippen LogP contribution < -0.4 is 14.8 Å². The van der Waals surface area contributed by atoms with E-state index in [2.05, 4.69) is 30.0 Å². The number of ether oxygens (including phenoxy) is 1. The van der Waals surface area contributed by atoms with Gasteiger partial charge in [0.05, 0.1) is 13.2 Å². The highest BCUT2D eigenvalue weighted by Gasteiger charge is 2.18. The van der Waals surface area contributed by atoms with Crippen molar-refractivity contribution in [1.29, 1.82) is 0 Å². The summed E-state index contributed by atoms with van der Waals surface area (Å²) >= 11 is 1.15. The molecule has 6 nitrogen and oxygen atoms in total. The van der Waals surface area contributed by atoms with E-state index in [1.54, 1.807) is 48.9 Å². The highest BCUT2D eigenvalue weighted by molar-refractivity contribution is 7.94. The Hall–Kier alpha value is -2.84. The van der Waals surface area contributed by atoms with Gasteiger partial charge in [0, 0.05) is 11.3 Å². The van der Waals surface area contributed by atoms with E-state index in [4.69, 9.17) is 4.74 Å². The lowest BCUT2D eigenvalue weighted by atomic mass is 9.93. The summed E-state index contributed by atoms with van der Waals surface area (Å²) in [6.45, 7) is 8.16. The fourth-order valence-electron chi connectivity index (χ4n) is 3.48. The van der Waals surface area contributed by atoms with Crippen molar-refractivity contribution in [2.24, 2.45) is 0 Å². The van der Waals surface area contributed by atoms with Crippen molar-refractivity contribution in [3.8, 4) is 5.75 Å². The average Bonchev–Trinajstić information content (AvgIpc) is 3.29. The zero-order chi connectivity index (χ0) is 23.5. The molecule has 0 aliphatic rings. The van der Waals surface area contributed by atoms with Crippen LogP contribution in [-0.4, -0.2) is 21.4 Å². The van der Waals surface area contributed by atoms with Gasteiger partial charge in [-0.15, -0.1) is 11.3 Å². The van der Waals surface area contributed by atoms with Gasteiger partial charge in [-0.05, 0) is 84.3 Å². The molecule has 2 N–H and O–H groups in total. The lowest BCUT2D eigenvalue weighted by molar-refractivity contribution is 0.0940. The Morgan fingerprint density at radius 2 is 1.72 bits per heavy atom. The Morgan fingerprint density at radius 1 is 1.03 bits per heavy atom. The normalized spacial score (nSPS) is 12.4. The molecule has 1 atom stereocenters. The minimum atomic E-state index is -3.62. The molecule has 0 aliphatic carbocycles. The van der Waals surface area contributed by atoms with Gasteiger partial charge >= 0.3 is 0 Å².